The summed E-state index contributed by atoms with van der Waals surface area (Å²) in [5, 5.41) is 12.7. The van der Waals surface area contributed by atoms with Crippen molar-refractivity contribution in [2.45, 2.75) is 6.61 Å². The summed E-state index contributed by atoms with van der Waals surface area (Å²) in [6.45, 7) is 1.52. The van der Waals surface area contributed by atoms with Crippen LogP contribution in [-0.2, 0) is 11.4 Å². The van der Waals surface area contributed by atoms with Crippen molar-refractivity contribution in [1.82, 2.24) is 10.3 Å². The molecule has 2 heterocycles. The summed E-state index contributed by atoms with van der Waals surface area (Å²) in [4.78, 5) is 17.8. The van der Waals surface area contributed by atoms with Crippen LogP contribution in [0.25, 0.3) is 0 Å². The summed E-state index contributed by atoms with van der Waals surface area (Å²) in [5.41, 5.74) is 0. The Morgan fingerprint density at radius 3 is 3.07 bits per heavy atom. The summed E-state index contributed by atoms with van der Waals surface area (Å²) in [5.74, 6) is -0.0156. The van der Waals surface area contributed by atoms with Gasteiger partial charge in [0, 0.05) is 13.1 Å². The number of aromatic nitrogens is 1. The largest absolute Gasteiger partial charge is 0.391 e. The van der Waals surface area contributed by atoms with Crippen LogP contribution in [0.1, 0.15) is 4.88 Å². The summed E-state index contributed by atoms with van der Waals surface area (Å²) in [6.07, 6.45) is 0. The number of thiazole rings is 1. The van der Waals surface area contributed by atoms with E-state index in [9.17, 15) is 4.79 Å². The van der Waals surface area contributed by atoms with Crippen LogP contribution in [0.3, 0.4) is 0 Å². The predicted molar refractivity (Wildman–Crippen MR) is 58.3 cm³/mol. The lowest BCUT2D eigenvalue weighted by molar-refractivity contribution is -0.120. The van der Waals surface area contributed by atoms with Gasteiger partial charge < -0.3 is 15.3 Å². The number of amides is 1. The Morgan fingerprint density at radius 1 is 1.67 bits per heavy atom. The number of nitrogens with zero attached hydrogens (tertiary/aromatic N) is 2. The van der Waals surface area contributed by atoms with E-state index < -0.39 is 0 Å². The highest BCUT2D eigenvalue weighted by atomic mass is 35.5. The number of halogens is 1. The molecule has 1 amide bonds. The van der Waals surface area contributed by atoms with Crippen LogP contribution in [0.5, 0.6) is 0 Å². The minimum Gasteiger partial charge on any atom is -0.391 e. The Labute approximate surface area is 95.7 Å². The quantitative estimate of drug-likeness (QED) is 0.785. The average molecular weight is 248 g/mol. The molecule has 1 fully saturated rings. The first kappa shape index (κ1) is 10.7. The second-order valence-corrected chi connectivity index (χ2v) is 4.56. The van der Waals surface area contributed by atoms with Crippen molar-refractivity contribution >= 4 is 34.0 Å². The van der Waals surface area contributed by atoms with Crippen LogP contribution < -0.4 is 10.2 Å². The lowest BCUT2D eigenvalue weighted by Gasteiger charge is -2.25. The second kappa shape index (κ2) is 4.34. The highest BCUT2D eigenvalue weighted by molar-refractivity contribution is 7.16. The third-order valence-corrected chi connectivity index (χ3v) is 3.62. The Kier molecular flexibility index (Phi) is 3.08. The Morgan fingerprint density at radius 2 is 2.47 bits per heavy atom. The molecule has 1 saturated heterocycles. The van der Waals surface area contributed by atoms with Crippen molar-refractivity contribution in [3.63, 3.8) is 0 Å². The Bertz CT molecular complexity index is 382. The lowest BCUT2D eigenvalue weighted by atomic mass is 10.4. The molecule has 82 valence electrons. The molecule has 0 atom stereocenters. The van der Waals surface area contributed by atoms with E-state index in [0.717, 1.165) is 6.54 Å². The van der Waals surface area contributed by atoms with Crippen molar-refractivity contribution < 1.29 is 9.90 Å². The smallest absolute Gasteiger partial charge is 0.239 e. The van der Waals surface area contributed by atoms with Gasteiger partial charge in [0.2, 0.25) is 5.91 Å². The van der Waals surface area contributed by atoms with Crippen molar-refractivity contribution in [3.8, 4) is 0 Å². The number of aliphatic hydroxyl groups is 1. The predicted octanol–water partition coefficient (Wildman–Crippen LogP) is 0.225. The molecule has 0 spiro atoms. The van der Waals surface area contributed by atoms with Gasteiger partial charge in [-0.05, 0) is 0 Å². The Hall–Kier alpha value is -0.850. The van der Waals surface area contributed by atoms with Gasteiger partial charge in [0.15, 0.2) is 5.13 Å². The maximum Gasteiger partial charge on any atom is 0.239 e. The van der Waals surface area contributed by atoms with E-state index in [-0.39, 0.29) is 12.5 Å². The number of aliphatic hydroxyl groups excluding tert-OH is 1. The molecule has 7 heteroatoms. The first-order chi connectivity index (χ1) is 7.20. The van der Waals surface area contributed by atoms with Crippen LogP contribution in [0.4, 0.5) is 5.13 Å². The van der Waals surface area contributed by atoms with E-state index >= 15 is 0 Å². The molecule has 0 bridgehead atoms. The fourth-order valence-corrected chi connectivity index (χ4v) is 2.50. The van der Waals surface area contributed by atoms with Gasteiger partial charge in [0.05, 0.1) is 18.0 Å². The van der Waals surface area contributed by atoms with E-state index in [1.165, 1.54) is 11.3 Å². The molecule has 1 aromatic rings. The zero-order valence-corrected chi connectivity index (χ0v) is 9.44. The maximum atomic E-state index is 11.1. The van der Waals surface area contributed by atoms with Gasteiger partial charge in [-0.3, -0.25) is 4.79 Å². The normalized spacial score (nSPS) is 16.7. The van der Waals surface area contributed by atoms with Gasteiger partial charge in [-0.25, -0.2) is 4.98 Å². The third-order valence-electron chi connectivity index (χ3n) is 2.09. The molecule has 5 nitrogen and oxygen atoms in total. The maximum absolute atomic E-state index is 11.1. The van der Waals surface area contributed by atoms with Crippen LogP contribution in [0.2, 0.25) is 5.15 Å². The molecular formula is C8H10ClN3O2S. The topological polar surface area (TPSA) is 65.5 Å². The number of carbonyl (C=O) groups is 1. The van der Waals surface area contributed by atoms with E-state index in [0.29, 0.717) is 28.3 Å². The van der Waals surface area contributed by atoms with Gasteiger partial charge >= 0.3 is 0 Å². The van der Waals surface area contributed by atoms with Crippen LogP contribution in [0.15, 0.2) is 0 Å². The third kappa shape index (κ3) is 2.22. The SMILES string of the molecule is O=C1CN(c2nc(Cl)c(CO)s2)CCN1. The zero-order chi connectivity index (χ0) is 10.8. The fourth-order valence-electron chi connectivity index (χ4n) is 1.36. The first-order valence-corrected chi connectivity index (χ1v) is 5.68. The van der Waals surface area contributed by atoms with Crippen LogP contribution in [-0.4, -0.2) is 35.6 Å². The molecule has 0 radical (unpaired) electrons. The molecule has 2 rings (SSSR count). The molecule has 1 aromatic heterocycles. The van der Waals surface area contributed by atoms with Crippen molar-refractivity contribution in [2.24, 2.45) is 0 Å². The molecule has 2 N–H and O–H groups in total. The molecule has 0 saturated carbocycles. The van der Waals surface area contributed by atoms with E-state index in [2.05, 4.69) is 10.3 Å². The number of hydrogen-bond donors (Lipinski definition) is 2. The fraction of sp³-hybridized carbons (Fsp3) is 0.500. The zero-order valence-electron chi connectivity index (χ0n) is 7.86. The monoisotopic (exact) mass is 247 g/mol. The lowest BCUT2D eigenvalue weighted by Crippen LogP contribution is -2.47. The minimum atomic E-state index is -0.115. The molecule has 15 heavy (non-hydrogen) atoms. The van der Waals surface area contributed by atoms with Crippen molar-refractivity contribution in [3.05, 3.63) is 10.0 Å². The minimum absolute atomic E-state index is 0.0156. The summed E-state index contributed by atoms with van der Waals surface area (Å²) >= 11 is 7.13. The summed E-state index contributed by atoms with van der Waals surface area (Å²) in [6, 6.07) is 0. The molecular weight excluding hydrogens is 238 g/mol. The van der Waals surface area contributed by atoms with Crippen molar-refractivity contribution in [1.29, 1.82) is 0 Å². The number of piperazine rings is 1. The molecule has 0 aromatic carbocycles. The first-order valence-electron chi connectivity index (χ1n) is 4.48. The number of nitrogens with one attached hydrogen (secondary N) is 1. The highest BCUT2D eigenvalue weighted by Crippen LogP contribution is 2.29. The second-order valence-electron chi connectivity index (χ2n) is 3.14. The van der Waals surface area contributed by atoms with Crippen LogP contribution in [0, 0.1) is 0 Å². The number of anilines is 1. The number of carbonyl (C=O) groups excluding carboxylic acids is 1. The van der Waals surface area contributed by atoms with Crippen molar-refractivity contribution in [2.75, 3.05) is 24.5 Å². The van der Waals surface area contributed by atoms with Gasteiger partial charge in [0.25, 0.3) is 0 Å². The van der Waals surface area contributed by atoms with Gasteiger partial charge in [0.1, 0.15) is 5.15 Å². The van der Waals surface area contributed by atoms with Gasteiger partial charge in [-0.1, -0.05) is 22.9 Å². The summed E-state index contributed by atoms with van der Waals surface area (Å²) in [7, 11) is 0. The summed E-state index contributed by atoms with van der Waals surface area (Å²) < 4.78 is 0. The van der Waals surface area contributed by atoms with E-state index in [4.69, 9.17) is 16.7 Å². The highest BCUT2D eigenvalue weighted by Gasteiger charge is 2.20. The van der Waals surface area contributed by atoms with Crippen LogP contribution >= 0.6 is 22.9 Å². The number of hydrogen-bond acceptors (Lipinski definition) is 5. The molecule has 0 aliphatic carbocycles. The average Bonchev–Trinajstić information content (AvgIpc) is 2.60. The van der Waals surface area contributed by atoms with Gasteiger partial charge in [-0.2, -0.15) is 0 Å². The standard InChI is InChI=1S/C8H10ClN3O2S/c9-7-5(4-13)15-8(11-7)12-2-1-10-6(14)3-12/h13H,1-4H2,(H,10,14). The van der Waals surface area contributed by atoms with E-state index in [1.54, 1.807) is 0 Å². The molecule has 0 unspecified atom stereocenters. The Balaban J connectivity index is 2.17. The molecule has 1 aliphatic rings. The molecule has 1 aliphatic heterocycles. The number of rotatable bonds is 2. The van der Waals surface area contributed by atoms with E-state index in [1.807, 2.05) is 4.90 Å². The van der Waals surface area contributed by atoms with Gasteiger partial charge in [-0.15, -0.1) is 0 Å².